The molecule has 0 radical (unpaired) electrons. The van der Waals surface area contributed by atoms with Gasteiger partial charge in [0.05, 0.1) is 11.9 Å². The Kier molecular flexibility index (Phi) is 2.69. The molecule has 0 saturated heterocycles. The van der Waals surface area contributed by atoms with Crippen molar-refractivity contribution in [3.05, 3.63) is 12.4 Å². The Labute approximate surface area is 90.8 Å². The second kappa shape index (κ2) is 3.85. The Morgan fingerprint density at radius 2 is 2.53 bits per heavy atom. The summed E-state index contributed by atoms with van der Waals surface area (Å²) in [5.74, 6) is 0. The number of hydrogen-bond donors (Lipinski definition) is 2. The molecule has 0 spiro atoms. The molecule has 0 bridgehead atoms. The number of nitrogens with one attached hydrogen (secondary N) is 1. The third-order valence-corrected chi connectivity index (χ3v) is 3.56. The largest absolute Gasteiger partial charge is 0.382 e. The fraction of sp³-hybridized carbons (Fsp3) is 0.727. The van der Waals surface area contributed by atoms with Gasteiger partial charge in [0.15, 0.2) is 0 Å². The van der Waals surface area contributed by atoms with Crippen LogP contribution in [0.3, 0.4) is 0 Å². The fourth-order valence-electron chi connectivity index (χ4n) is 2.30. The number of aromatic nitrogens is 2. The second-order valence-electron chi connectivity index (χ2n) is 4.91. The Hall–Kier alpha value is -1.03. The first-order valence-corrected chi connectivity index (χ1v) is 5.58. The average Bonchev–Trinajstić information content (AvgIpc) is 2.73. The molecule has 1 saturated carbocycles. The maximum Gasteiger partial charge on any atom is 0.0726 e. The zero-order valence-electron chi connectivity index (χ0n) is 9.53. The molecule has 1 aromatic rings. The molecule has 2 atom stereocenters. The normalized spacial score (nSPS) is 30.7. The molecule has 1 heterocycles. The van der Waals surface area contributed by atoms with E-state index in [2.05, 4.69) is 17.3 Å². The first-order chi connectivity index (χ1) is 7.10. The number of nitrogens with two attached hydrogens (primary N) is 1. The zero-order valence-corrected chi connectivity index (χ0v) is 9.53. The van der Waals surface area contributed by atoms with E-state index in [-0.39, 0.29) is 5.41 Å². The molecule has 0 amide bonds. The summed E-state index contributed by atoms with van der Waals surface area (Å²) in [6.07, 6.45) is 7.48. The minimum atomic E-state index is 0.246. The van der Waals surface area contributed by atoms with Gasteiger partial charge in [0, 0.05) is 25.8 Å². The number of hydrogen-bond acceptors (Lipinski definition) is 3. The molecule has 2 unspecified atom stereocenters. The summed E-state index contributed by atoms with van der Waals surface area (Å²) in [7, 11) is 1.92. The van der Waals surface area contributed by atoms with Crippen LogP contribution in [-0.2, 0) is 7.05 Å². The van der Waals surface area contributed by atoms with Crippen LogP contribution >= 0.6 is 0 Å². The molecule has 1 fully saturated rings. The van der Waals surface area contributed by atoms with Gasteiger partial charge in [-0.25, -0.2) is 0 Å². The summed E-state index contributed by atoms with van der Waals surface area (Å²) in [6, 6.07) is 0.335. The highest BCUT2D eigenvalue weighted by Gasteiger charge is 2.35. The molecule has 1 aromatic heterocycles. The monoisotopic (exact) mass is 208 g/mol. The lowest BCUT2D eigenvalue weighted by molar-refractivity contribution is 0.316. The van der Waals surface area contributed by atoms with Gasteiger partial charge in [0.2, 0.25) is 0 Å². The van der Waals surface area contributed by atoms with E-state index < -0.39 is 0 Å². The average molecular weight is 208 g/mol. The Balaban J connectivity index is 1.92. The van der Waals surface area contributed by atoms with E-state index in [1.807, 2.05) is 19.4 Å². The second-order valence-corrected chi connectivity index (χ2v) is 4.91. The summed E-state index contributed by atoms with van der Waals surface area (Å²) in [6.45, 7) is 3.22. The van der Waals surface area contributed by atoms with Gasteiger partial charge in [-0.1, -0.05) is 13.3 Å². The molecule has 84 valence electrons. The van der Waals surface area contributed by atoms with Crippen LogP contribution in [0.1, 0.15) is 26.2 Å². The van der Waals surface area contributed by atoms with Crippen molar-refractivity contribution in [2.75, 3.05) is 11.9 Å². The summed E-state index contributed by atoms with van der Waals surface area (Å²) >= 11 is 0. The summed E-state index contributed by atoms with van der Waals surface area (Å²) in [5, 5.41) is 7.54. The Bertz CT molecular complexity index is 333. The highest BCUT2D eigenvalue weighted by atomic mass is 15.3. The van der Waals surface area contributed by atoms with E-state index in [1.54, 1.807) is 4.68 Å². The Morgan fingerprint density at radius 3 is 3.07 bits per heavy atom. The first kappa shape index (κ1) is 10.5. The van der Waals surface area contributed by atoms with E-state index in [0.29, 0.717) is 6.04 Å². The number of aryl methyl sites for hydroxylation is 1. The fourth-order valence-corrected chi connectivity index (χ4v) is 2.30. The van der Waals surface area contributed by atoms with Gasteiger partial charge in [-0.15, -0.1) is 0 Å². The standard InChI is InChI=1S/C11H20N4/c1-11(5-3-4-10(11)12)8-13-9-6-14-15(2)7-9/h6-7,10,13H,3-5,8,12H2,1-2H3. The van der Waals surface area contributed by atoms with Crippen molar-refractivity contribution in [3.63, 3.8) is 0 Å². The van der Waals surface area contributed by atoms with E-state index in [9.17, 15) is 0 Å². The van der Waals surface area contributed by atoms with Gasteiger partial charge in [0.1, 0.15) is 0 Å². The predicted octanol–water partition coefficient (Wildman–Crippen LogP) is 1.35. The highest BCUT2D eigenvalue weighted by molar-refractivity contribution is 5.38. The quantitative estimate of drug-likeness (QED) is 0.788. The van der Waals surface area contributed by atoms with Crippen LogP contribution in [0.15, 0.2) is 12.4 Å². The van der Waals surface area contributed by atoms with Crippen LogP contribution in [-0.4, -0.2) is 22.4 Å². The van der Waals surface area contributed by atoms with Crippen molar-refractivity contribution in [3.8, 4) is 0 Å². The SMILES string of the molecule is Cn1cc(NCC2(C)CCCC2N)cn1. The van der Waals surface area contributed by atoms with Gasteiger partial charge in [-0.3, -0.25) is 4.68 Å². The first-order valence-electron chi connectivity index (χ1n) is 5.58. The zero-order chi connectivity index (χ0) is 10.9. The molecule has 1 aliphatic carbocycles. The topological polar surface area (TPSA) is 55.9 Å². The van der Waals surface area contributed by atoms with E-state index >= 15 is 0 Å². The smallest absolute Gasteiger partial charge is 0.0726 e. The van der Waals surface area contributed by atoms with E-state index in [4.69, 9.17) is 5.73 Å². The van der Waals surface area contributed by atoms with Gasteiger partial charge in [-0.05, 0) is 18.3 Å². The molecule has 1 aliphatic rings. The molecule has 0 aliphatic heterocycles. The van der Waals surface area contributed by atoms with Gasteiger partial charge in [-0.2, -0.15) is 5.10 Å². The van der Waals surface area contributed by atoms with E-state index in [0.717, 1.165) is 18.7 Å². The van der Waals surface area contributed by atoms with Crippen LogP contribution in [0.25, 0.3) is 0 Å². The van der Waals surface area contributed by atoms with Gasteiger partial charge >= 0.3 is 0 Å². The third-order valence-electron chi connectivity index (χ3n) is 3.56. The molecule has 3 N–H and O–H groups in total. The van der Waals surface area contributed by atoms with Crippen LogP contribution in [0.4, 0.5) is 5.69 Å². The predicted molar refractivity (Wildman–Crippen MR) is 61.6 cm³/mol. The molecule has 2 rings (SSSR count). The van der Waals surface area contributed by atoms with Crippen molar-refractivity contribution >= 4 is 5.69 Å². The van der Waals surface area contributed by atoms with E-state index in [1.165, 1.54) is 12.8 Å². The van der Waals surface area contributed by atoms with Gasteiger partial charge in [0.25, 0.3) is 0 Å². The summed E-state index contributed by atoms with van der Waals surface area (Å²) < 4.78 is 1.80. The van der Waals surface area contributed by atoms with Crippen molar-refractivity contribution in [1.29, 1.82) is 0 Å². The van der Waals surface area contributed by atoms with Crippen molar-refractivity contribution in [2.45, 2.75) is 32.2 Å². The molecule has 0 aromatic carbocycles. The molecule has 4 nitrogen and oxygen atoms in total. The van der Waals surface area contributed by atoms with Crippen molar-refractivity contribution < 1.29 is 0 Å². The van der Waals surface area contributed by atoms with Crippen LogP contribution in [0.2, 0.25) is 0 Å². The van der Waals surface area contributed by atoms with Crippen molar-refractivity contribution in [2.24, 2.45) is 18.2 Å². The Morgan fingerprint density at radius 1 is 1.73 bits per heavy atom. The van der Waals surface area contributed by atoms with Crippen molar-refractivity contribution in [1.82, 2.24) is 9.78 Å². The highest BCUT2D eigenvalue weighted by Crippen LogP contribution is 2.36. The molecule has 15 heavy (non-hydrogen) atoms. The molecule has 4 heteroatoms. The summed E-state index contributed by atoms with van der Waals surface area (Å²) in [5.41, 5.74) is 7.45. The number of nitrogens with zero attached hydrogens (tertiary/aromatic N) is 2. The lowest BCUT2D eigenvalue weighted by atomic mass is 9.85. The minimum Gasteiger partial charge on any atom is -0.382 e. The third kappa shape index (κ3) is 2.15. The lowest BCUT2D eigenvalue weighted by Gasteiger charge is -2.29. The summed E-state index contributed by atoms with van der Waals surface area (Å²) in [4.78, 5) is 0. The minimum absolute atomic E-state index is 0.246. The van der Waals surface area contributed by atoms with Crippen LogP contribution in [0.5, 0.6) is 0 Å². The van der Waals surface area contributed by atoms with Crippen LogP contribution in [0, 0.1) is 5.41 Å². The van der Waals surface area contributed by atoms with Crippen LogP contribution < -0.4 is 11.1 Å². The van der Waals surface area contributed by atoms with Gasteiger partial charge < -0.3 is 11.1 Å². The molecular formula is C11H20N4. The maximum atomic E-state index is 6.12. The number of rotatable bonds is 3. The maximum absolute atomic E-state index is 6.12. The lowest BCUT2D eigenvalue weighted by Crippen LogP contribution is -2.39. The number of anilines is 1. The molecular weight excluding hydrogens is 188 g/mol.